The van der Waals surface area contributed by atoms with Crippen LogP contribution in [0.15, 0.2) is 61.2 Å². The first-order chi connectivity index (χ1) is 15.4. The summed E-state index contributed by atoms with van der Waals surface area (Å²) in [5, 5.41) is 5.67. The van der Waals surface area contributed by atoms with Crippen LogP contribution in [-0.2, 0) is 0 Å². The number of nitrogens with one attached hydrogen (secondary N) is 2. The Labute approximate surface area is 186 Å². The summed E-state index contributed by atoms with van der Waals surface area (Å²) < 4.78 is 7.74. The van der Waals surface area contributed by atoms with E-state index in [9.17, 15) is 4.79 Å². The van der Waals surface area contributed by atoms with E-state index < -0.39 is 0 Å². The lowest BCUT2D eigenvalue weighted by Crippen LogP contribution is -2.19. The highest BCUT2D eigenvalue weighted by Crippen LogP contribution is 2.23. The Balaban J connectivity index is 1.40. The van der Waals surface area contributed by atoms with Gasteiger partial charge in [0, 0.05) is 23.1 Å². The number of rotatable bonds is 5. The van der Waals surface area contributed by atoms with Crippen molar-refractivity contribution in [3.8, 4) is 17.4 Å². The van der Waals surface area contributed by atoms with Crippen LogP contribution in [-0.4, -0.2) is 25.6 Å². The molecule has 2 aromatic carbocycles. The average molecular weight is 428 g/mol. The van der Waals surface area contributed by atoms with Gasteiger partial charge >= 0.3 is 6.03 Å². The zero-order valence-electron chi connectivity index (χ0n) is 18.4. The SMILES string of the molecule is Cc1cc(C)cc(NC(=O)Nc2ccc(Oc3cc(-n4cnc(C)c4C)ncn3)cc2)c1. The fourth-order valence-corrected chi connectivity index (χ4v) is 3.31. The van der Waals surface area contributed by atoms with Crippen molar-refractivity contribution in [2.45, 2.75) is 27.7 Å². The molecule has 0 saturated heterocycles. The average Bonchev–Trinajstić information content (AvgIpc) is 3.07. The standard InChI is InChI=1S/C24H24N6O2/c1-15-9-16(2)11-20(10-15)29-24(31)28-19-5-7-21(8-6-19)32-23-12-22(25-13-26-23)30-14-27-17(3)18(30)4/h5-14H,1-4H3,(H2,28,29,31). The van der Waals surface area contributed by atoms with Crippen LogP contribution in [0.3, 0.4) is 0 Å². The Morgan fingerprint density at radius 2 is 1.53 bits per heavy atom. The third kappa shape index (κ3) is 4.92. The molecule has 162 valence electrons. The number of hydrogen-bond acceptors (Lipinski definition) is 5. The third-order valence-electron chi connectivity index (χ3n) is 4.94. The zero-order chi connectivity index (χ0) is 22.7. The Morgan fingerprint density at radius 1 is 0.844 bits per heavy atom. The van der Waals surface area contributed by atoms with Gasteiger partial charge in [-0.15, -0.1) is 0 Å². The van der Waals surface area contributed by atoms with Crippen molar-refractivity contribution in [3.05, 3.63) is 83.7 Å². The van der Waals surface area contributed by atoms with E-state index >= 15 is 0 Å². The molecule has 2 heterocycles. The Bertz CT molecular complexity index is 1240. The molecule has 0 spiro atoms. The quantitative estimate of drug-likeness (QED) is 0.448. The molecule has 0 fully saturated rings. The summed E-state index contributed by atoms with van der Waals surface area (Å²) in [5.41, 5.74) is 5.52. The Morgan fingerprint density at radius 3 is 2.19 bits per heavy atom. The van der Waals surface area contributed by atoms with E-state index in [1.807, 2.05) is 44.4 Å². The summed E-state index contributed by atoms with van der Waals surface area (Å²) in [6.07, 6.45) is 3.17. The summed E-state index contributed by atoms with van der Waals surface area (Å²) in [7, 11) is 0. The fourth-order valence-electron chi connectivity index (χ4n) is 3.31. The van der Waals surface area contributed by atoms with Crippen LogP contribution in [0, 0.1) is 27.7 Å². The maximum atomic E-state index is 12.3. The summed E-state index contributed by atoms with van der Waals surface area (Å²) in [6, 6.07) is 14.4. The van der Waals surface area contributed by atoms with Gasteiger partial charge in [-0.3, -0.25) is 4.57 Å². The number of carbonyl (C=O) groups is 1. The lowest BCUT2D eigenvalue weighted by molar-refractivity contribution is 0.262. The van der Waals surface area contributed by atoms with E-state index in [1.54, 1.807) is 36.7 Å². The van der Waals surface area contributed by atoms with Crippen molar-refractivity contribution >= 4 is 17.4 Å². The van der Waals surface area contributed by atoms with Crippen LogP contribution >= 0.6 is 0 Å². The number of amides is 2. The number of carbonyl (C=O) groups excluding carboxylic acids is 1. The van der Waals surface area contributed by atoms with E-state index in [2.05, 4.69) is 31.7 Å². The van der Waals surface area contributed by atoms with E-state index in [-0.39, 0.29) is 6.03 Å². The van der Waals surface area contributed by atoms with Crippen LogP contribution in [0.5, 0.6) is 11.6 Å². The highest BCUT2D eigenvalue weighted by Gasteiger charge is 2.09. The van der Waals surface area contributed by atoms with E-state index in [0.717, 1.165) is 28.2 Å². The van der Waals surface area contributed by atoms with Gasteiger partial charge in [0.15, 0.2) is 0 Å². The van der Waals surface area contributed by atoms with Crippen LogP contribution in [0.25, 0.3) is 5.82 Å². The van der Waals surface area contributed by atoms with E-state index in [4.69, 9.17) is 4.74 Å². The number of aryl methyl sites for hydroxylation is 3. The highest BCUT2D eigenvalue weighted by atomic mass is 16.5. The minimum absolute atomic E-state index is 0.310. The van der Waals surface area contributed by atoms with Gasteiger partial charge in [-0.05, 0) is 75.2 Å². The van der Waals surface area contributed by atoms with Crippen molar-refractivity contribution in [3.63, 3.8) is 0 Å². The molecule has 0 aliphatic heterocycles. The van der Waals surface area contributed by atoms with Gasteiger partial charge in [-0.25, -0.2) is 19.7 Å². The number of hydrogen-bond donors (Lipinski definition) is 2. The Kier molecular flexibility index (Phi) is 5.85. The molecule has 2 amide bonds. The van der Waals surface area contributed by atoms with Gasteiger partial charge < -0.3 is 15.4 Å². The second kappa shape index (κ2) is 8.89. The third-order valence-corrected chi connectivity index (χ3v) is 4.94. The summed E-state index contributed by atoms with van der Waals surface area (Å²) in [4.78, 5) is 25.1. The Hall–Kier alpha value is -4.20. The predicted molar refractivity (Wildman–Crippen MR) is 124 cm³/mol. The molecule has 0 aliphatic rings. The van der Waals surface area contributed by atoms with E-state index in [1.165, 1.54) is 6.33 Å². The van der Waals surface area contributed by atoms with Crippen LogP contribution in [0.1, 0.15) is 22.5 Å². The first-order valence-electron chi connectivity index (χ1n) is 10.1. The number of nitrogens with zero attached hydrogens (tertiary/aromatic N) is 4. The fraction of sp³-hybridized carbons (Fsp3) is 0.167. The summed E-state index contributed by atoms with van der Waals surface area (Å²) >= 11 is 0. The van der Waals surface area contributed by atoms with Crippen LogP contribution in [0.2, 0.25) is 0 Å². The maximum Gasteiger partial charge on any atom is 0.323 e. The molecule has 8 nitrogen and oxygen atoms in total. The molecule has 2 N–H and O–H groups in total. The van der Waals surface area contributed by atoms with Crippen molar-refractivity contribution in [1.29, 1.82) is 0 Å². The smallest absolute Gasteiger partial charge is 0.323 e. The van der Waals surface area contributed by atoms with E-state index in [0.29, 0.717) is 23.1 Å². The molecule has 0 atom stereocenters. The molecule has 4 rings (SSSR count). The number of aromatic nitrogens is 4. The zero-order valence-corrected chi connectivity index (χ0v) is 18.4. The van der Waals surface area contributed by atoms with Gasteiger partial charge in [0.1, 0.15) is 24.2 Å². The highest BCUT2D eigenvalue weighted by molar-refractivity contribution is 5.99. The monoisotopic (exact) mass is 428 g/mol. The lowest BCUT2D eigenvalue weighted by Gasteiger charge is -2.10. The number of imidazole rings is 1. The second-order valence-corrected chi connectivity index (χ2v) is 7.58. The molecule has 0 radical (unpaired) electrons. The maximum absolute atomic E-state index is 12.3. The van der Waals surface area contributed by atoms with Gasteiger partial charge in [-0.1, -0.05) is 6.07 Å². The summed E-state index contributed by atoms with van der Waals surface area (Å²) in [6.45, 7) is 7.91. The minimum atomic E-state index is -0.310. The minimum Gasteiger partial charge on any atom is -0.439 e. The molecule has 0 aliphatic carbocycles. The number of ether oxygens (including phenoxy) is 1. The normalized spacial score (nSPS) is 10.6. The molecule has 8 heteroatoms. The van der Waals surface area contributed by atoms with Crippen molar-refractivity contribution < 1.29 is 9.53 Å². The molecule has 0 bridgehead atoms. The molecule has 32 heavy (non-hydrogen) atoms. The number of anilines is 2. The number of urea groups is 1. The van der Waals surface area contributed by atoms with Crippen LogP contribution in [0.4, 0.5) is 16.2 Å². The molecule has 4 aromatic rings. The number of benzene rings is 2. The first-order valence-corrected chi connectivity index (χ1v) is 10.1. The molecular weight excluding hydrogens is 404 g/mol. The first kappa shape index (κ1) is 21.0. The van der Waals surface area contributed by atoms with Crippen molar-refractivity contribution in [2.24, 2.45) is 0 Å². The van der Waals surface area contributed by atoms with Crippen LogP contribution < -0.4 is 15.4 Å². The van der Waals surface area contributed by atoms with Gasteiger partial charge in [0.05, 0.1) is 5.69 Å². The summed E-state index contributed by atoms with van der Waals surface area (Å²) in [5.74, 6) is 1.68. The van der Waals surface area contributed by atoms with Crippen molar-refractivity contribution in [1.82, 2.24) is 19.5 Å². The van der Waals surface area contributed by atoms with Crippen molar-refractivity contribution in [2.75, 3.05) is 10.6 Å². The van der Waals surface area contributed by atoms with Gasteiger partial charge in [0.2, 0.25) is 5.88 Å². The van der Waals surface area contributed by atoms with Gasteiger partial charge in [0.25, 0.3) is 0 Å². The van der Waals surface area contributed by atoms with Gasteiger partial charge in [-0.2, -0.15) is 0 Å². The molecular formula is C24H24N6O2. The lowest BCUT2D eigenvalue weighted by atomic mass is 10.1. The molecule has 2 aromatic heterocycles. The topological polar surface area (TPSA) is 94.0 Å². The second-order valence-electron chi connectivity index (χ2n) is 7.58. The molecule has 0 saturated carbocycles. The largest absolute Gasteiger partial charge is 0.439 e. The molecule has 0 unspecified atom stereocenters. The predicted octanol–water partition coefficient (Wildman–Crippen LogP) is 5.33.